The van der Waals surface area contributed by atoms with E-state index in [-0.39, 0.29) is 18.1 Å². The van der Waals surface area contributed by atoms with E-state index in [1.807, 2.05) is 0 Å². The van der Waals surface area contributed by atoms with Crippen LogP contribution in [-0.4, -0.2) is 18.5 Å². The molecular formula is C7H9ClO2. The van der Waals surface area contributed by atoms with Crippen molar-refractivity contribution in [1.29, 1.82) is 0 Å². The SMILES string of the molecule is C=CCOC(=O)C(=C)CCl. The van der Waals surface area contributed by atoms with Crippen LogP contribution in [0.4, 0.5) is 0 Å². The van der Waals surface area contributed by atoms with Crippen LogP contribution in [0.1, 0.15) is 0 Å². The van der Waals surface area contributed by atoms with E-state index in [0.29, 0.717) is 0 Å². The highest BCUT2D eigenvalue weighted by Gasteiger charge is 2.04. The molecule has 0 spiro atoms. The summed E-state index contributed by atoms with van der Waals surface area (Å²) in [6.07, 6.45) is 1.49. The summed E-state index contributed by atoms with van der Waals surface area (Å²) in [5, 5.41) is 0. The van der Waals surface area contributed by atoms with Crippen molar-refractivity contribution >= 4 is 17.6 Å². The zero-order chi connectivity index (χ0) is 7.98. The molecule has 0 aromatic rings. The van der Waals surface area contributed by atoms with Gasteiger partial charge in [-0.2, -0.15) is 0 Å². The molecule has 0 aliphatic carbocycles. The molecular weight excluding hydrogens is 152 g/mol. The summed E-state index contributed by atoms with van der Waals surface area (Å²) in [5.41, 5.74) is 0.267. The van der Waals surface area contributed by atoms with E-state index in [4.69, 9.17) is 11.6 Å². The molecule has 0 saturated heterocycles. The molecule has 0 aliphatic heterocycles. The Morgan fingerprint density at radius 1 is 1.70 bits per heavy atom. The van der Waals surface area contributed by atoms with E-state index in [0.717, 1.165) is 0 Å². The number of carbonyl (C=O) groups excluding carboxylic acids is 1. The number of ether oxygens (including phenoxy) is 1. The van der Waals surface area contributed by atoms with E-state index < -0.39 is 5.97 Å². The fourth-order valence-corrected chi connectivity index (χ4v) is 0.400. The van der Waals surface area contributed by atoms with Crippen LogP contribution in [0.3, 0.4) is 0 Å². The minimum Gasteiger partial charge on any atom is -0.458 e. The normalized spacial score (nSPS) is 8.50. The van der Waals surface area contributed by atoms with E-state index in [1.54, 1.807) is 0 Å². The first-order valence-electron chi connectivity index (χ1n) is 2.74. The minimum absolute atomic E-state index is 0.107. The van der Waals surface area contributed by atoms with Gasteiger partial charge in [0.15, 0.2) is 0 Å². The molecule has 0 unspecified atom stereocenters. The monoisotopic (exact) mass is 160 g/mol. The van der Waals surface area contributed by atoms with E-state index >= 15 is 0 Å². The van der Waals surface area contributed by atoms with Gasteiger partial charge in [-0.25, -0.2) is 4.79 Å². The van der Waals surface area contributed by atoms with Crippen LogP contribution in [0.2, 0.25) is 0 Å². The number of rotatable bonds is 4. The summed E-state index contributed by atoms with van der Waals surface area (Å²) in [6.45, 7) is 6.97. The Morgan fingerprint density at radius 3 is 2.70 bits per heavy atom. The lowest BCUT2D eigenvalue weighted by Gasteiger charge is -1.99. The van der Waals surface area contributed by atoms with Crippen LogP contribution >= 0.6 is 11.6 Å². The van der Waals surface area contributed by atoms with Crippen LogP contribution in [0, 0.1) is 0 Å². The molecule has 2 nitrogen and oxygen atoms in total. The topological polar surface area (TPSA) is 26.3 Å². The molecule has 0 aromatic carbocycles. The summed E-state index contributed by atoms with van der Waals surface area (Å²) >= 11 is 5.30. The first-order valence-corrected chi connectivity index (χ1v) is 3.27. The van der Waals surface area contributed by atoms with Crippen molar-refractivity contribution in [3.05, 3.63) is 24.8 Å². The summed E-state index contributed by atoms with van der Waals surface area (Å²) in [6, 6.07) is 0. The molecule has 0 radical (unpaired) electrons. The van der Waals surface area contributed by atoms with Crippen molar-refractivity contribution in [2.75, 3.05) is 12.5 Å². The van der Waals surface area contributed by atoms with Gasteiger partial charge >= 0.3 is 5.97 Å². The van der Waals surface area contributed by atoms with Crippen LogP contribution in [0.25, 0.3) is 0 Å². The number of alkyl halides is 1. The largest absolute Gasteiger partial charge is 0.458 e. The molecule has 0 bridgehead atoms. The number of esters is 1. The number of halogens is 1. The highest BCUT2D eigenvalue weighted by molar-refractivity contribution is 6.22. The summed E-state index contributed by atoms with van der Waals surface area (Å²) in [5.74, 6) is -0.356. The summed E-state index contributed by atoms with van der Waals surface area (Å²) in [4.78, 5) is 10.7. The molecule has 0 saturated carbocycles. The second-order valence-corrected chi connectivity index (χ2v) is 1.89. The van der Waals surface area contributed by atoms with Crippen LogP contribution in [0.15, 0.2) is 24.8 Å². The molecule has 10 heavy (non-hydrogen) atoms. The Hall–Kier alpha value is -0.760. The van der Waals surface area contributed by atoms with Gasteiger partial charge in [0, 0.05) is 5.57 Å². The van der Waals surface area contributed by atoms with Crippen molar-refractivity contribution < 1.29 is 9.53 Å². The number of carbonyl (C=O) groups is 1. The van der Waals surface area contributed by atoms with Gasteiger partial charge in [-0.15, -0.1) is 11.6 Å². The molecule has 0 amide bonds. The van der Waals surface area contributed by atoms with E-state index in [1.165, 1.54) is 6.08 Å². The van der Waals surface area contributed by atoms with Crippen molar-refractivity contribution in [1.82, 2.24) is 0 Å². The third-order valence-corrected chi connectivity index (χ3v) is 1.10. The smallest absolute Gasteiger partial charge is 0.334 e. The highest BCUT2D eigenvalue weighted by Crippen LogP contribution is 1.96. The summed E-state index contributed by atoms with van der Waals surface area (Å²) in [7, 11) is 0. The Labute approximate surface area is 65.1 Å². The molecule has 3 heteroatoms. The second-order valence-electron chi connectivity index (χ2n) is 1.62. The predicted octanol–water partition coefficient (Wildman–Crippen LogP) is 1.51. The minimum atomic E-state index is -0.463. The van der Waals surface area contributed by atoms with Gasteiger partial charge in [-0.1, -0.05) is 19.2 Å². The Balaban J connectivity index is 3.62. The van der Waals surface area contributed by atoms with Crippen molar-refractivity contribution in [2.24, 2.45) is 0 Å². The molecule has 0 heterocycles. The van der Waals surface area contributed by atoms with Crippen LogP contribution in [-0.2, 0) is 9.53 Å². The zero-order valence-corrected chi connectivity index (χ0v) is 6.36. The molecule has 56 valence electrons. The highest BCUT2D eigenvalue weighted by atomic mass is 35.5. The van der Waals surface area contributed by atoms with Gasteiger partial charge in [0.25, 0.3) is 0 Å². The van der Waals surface area contributed by atoms with Crippen LogP contribution in [0.5, 0.6) is 0 Å². The lowest BCUT2D eigenvalue weighted by Crippen LogP contribution is -2.07. The second kappa shape index (κ2) is 5.06. The Bertz CT molecular complexity index is 152. The lowest BCUT2D eigenvalue weighted by atomic mass is 10.4. The first kappa shape index (κ1) is 9.24. The Kier molecular flexibility index (Phi) is 4.67. The van der Waals surface area contributed by atoms with Crippen LogP contribution < -0.4 is 0 Å². The predicted molar refractivity (Wildman–Crippen MR) is 41.0 cm³/mol. The average Bonchev–Trinajstić information content (AvgIpc) is 1.98. The van der Waals surface area contributed by atoms with Gasteiger partial charge in [0.1, 0.15) is 6.61 Å². The van der Waals surface area contributed by atoms with Crippen molar-refractivity contribution in [3.8, 4) is 0 Å². The average molecular weight is 161 g/mol. The Morgan fingerprint density at radius 2 is 2.30 bits per heavy atom. The maximum absolute atomic E-state index is 10.7. The third kappa shape index (κ3) is 3.30. The molecule has 0 aliphatic rings. The quantitative estimate of drug-likeness (QED) is 0.270. The fraction of sp³-hybridized carbons (Fsp3) is 0.286. The molecule has 0 aromatic heterocycles. The maximum Gasteiger partial charge on any atom is 0.334 e. The molecule has 0 atom stereocenters. The lowest BCUT2D eigenvalue weighted by molar-refractivity contribution is -0.137. The van der Waals surface area contributed by atoms with Crippen molar-refractivity contribution in [2.45, 2.75) is 0 Å². The molecule has 0 N–H and O–H groups in total. The molecule has 0 fully saturated rings. The van der Waals surface area contributed by atoms with E-state index in [2.05, 4.69) is 17.9 Å². The number of hydrogen-bond donors (Lipinski definition) is 0. The third-order valence-electron chi connectivity index (χ3n) is 0.782. The van der Waals surface area contributed by atoms with Crippen molar-refractivity contribution in [3.63, 3.8) is 0 Å². The standard InChI is InChI=1S/C7H9ClO2/c1-3-4-10-7(9)6(2)5-8/h3H,1-2,4-5H2. The van der Waals surface area contributed by atoms with Gasteiger partial charge in [-0.3, -0.25) is 0 Å². The van der Waals surface area contributed by atoms with Gasteiger partial charge in [0.05, 0.1) is 5.88 Å². The van der Waals surface area contributed by atoms with Gasteiger partial charge < -0.3 is 4.74 Å². The first-order chi connectivity index (χ1) is 4.72. The maximum atomic E-state index is 10.7. The zero-order valence-electron chi connectivity index (χ0n) is 5.60. The van der Waals surface area contributed by atoms with Gasteiger partial charge in [0.2, 0.25) is 0 Å². The number of hydrogen-bond acceptors (Lipinski definition) is 2. The molecule has 0 rings (SSSR count). The van der Waals surface area contributed by atoms with Gasteiger partial charge in [-0.05, 0) is 0 Å². The fourth-order valence-electron chi connectivity index (χ4n) is 0.291. The van der Waals surface area contributed by atoms with E-state index in [9.17, 15) is 4.79 Å². The summed E-state index contributed by atoms with van der Waals surface area (Å²) < 4.78 is 4.60.